The van der Waals surface area contributed by atoms with E-state index < -0.39 is 12.0 Å². The van der Waals surface area contributed by atoms with Crippen molar-refractivity contribution in [3.8, 4) is 23.0 Å². The van der Waals surface area contributed by atoms with Crippen molar-refractivity contribution in [1.82, 2.24) is 25.2 Å². The molecule has 6 atom stereocenters. The van der Waals surface area contributed by atoms with Gasteiger partial charge in [-0.1, -0.05) is 31.5 Å². The molecule has 6 heterocycles. The van der Waals surface area contributed by atoms with Crippen molar-refractivity contribution >= 4 is 27.5 Å². The van der Waals surface area contributed by atoms with Crippen molar-refractivity contribution in [3.05, 3.63) is 47.9 Å². The van der Waals surface area contributed by atoms with Crippen LogP contribution in [0.3, 0.4) is 0 Å². The summed E-state index contributed by atoms with van der Waals surface area (Å²) in [6, 6.07) is 10.4. The predicted octanol–water partition coefficient (Wildman–Crippen LogP) is 5.93. The second-order valence-corrected chi connectivity index (χ2v) is 14.3. The minimum Gasteiger partial charge on any atom is -0.508 e. The third-order valence-corrected chi connectivity index (χ3v) is 11.6. The summed E-state index contributed by atoms with van der Waals surface area (Å²) < 4.78 is 38.3. The highest BCUT2D eigenvalue weighted by atomic mass is 19.1. The van der Waals surface area contributed by atoms with Crippen molar-refractivity contribution < 1.29 is 18.6 Å². The van der Waals surface area contributed by atoms with Crippen LogP contribution in [-0.4, -0.2) is 81.0 Å². The molecule has 5 aliphatic rings. The summed E-state index contributed by atoms with van der Waals surface area (Å²) in [4.78, 5) is 18.9. The van der Waals surface area contributed by atoms with E-state index in [0.29, 0.717) is 53.8 Å². The molecule has 4 aromatic rings. The Labute approximate surface area is 267 Å². The number of rotatable bonds is 6. The van der Waals surface area contributed by atoms with Gasteiger partial charge in [0.1, 0.15) is 35.6 Å². The topological polar surface area (TPSA) is 86.6 Å². The fraction of sp³-hybridized carbons (Fsp3) is 0.528. The lowest BCUT2D eigenvalue weighted by Crippen LogP contribution is -2.51. The first-order valence-electron chi connectivity index (χ1n) is 17.0. The molecule has 4 saturated heterocycles. The molecule has 1 aliphatic carbocycles. The van der Waals surface area contributed by atoms with Gasteiger partial charge in [-0.3, -0.25) is 9.88 Å². The molecular weight excluding hydrogens is 586 g/mol. The molecule has 46 heavy (non-hydrogen) atoms. The lowest BCUT2D eigenvalue weighted by atomic mass is 9.89. The number of piperazine rings is 1. The first-order chi connectivity index (χ1) is 22.4. The summed E-state index contributed by atoms with van der Waals surface area (Å²) >= 11 is 0. The van der Waals surface area contributed by atoms with Crippen LogP contribution in [0.25, 0.3) is 32.9 Å². The van der Waals surface area contributed by atoms with Gasteiger partial charge >= 0.3 is 6.01 Å². The molecule has 0 radical (unpaired) electrons. The van der Waals surface area contributed by atoms with E-state index in [2.05, 4.69) is 27.0 Å². The summed E-state index contributed by atoms with van der Waals surface area (Å²) in [5.74, 6) is 0.686. The molecule has 1 saturated carbocycles. The number of aryl methyl sites for hydroxylation is 1. The zero-order valence-electron chi connectivity index (χ0n) is 26.2. The van der Waals surface area contributed by atoms with E-state index in [1.54, 1.807) is 18.3 Å². The Hall–Kier alpha value is -3.63. The smallest absolute Gasteiger partial charge is 0.319 e. The van der Waals surface area contributed by atoms with Crippen LogP contribution in [0, 0.1) is 11.7 Å². The Morgan fingerprint density at radius 2 is 1.91 bits per heavy atom. The number of halogens is 2. The third-order valence-electron chi connectivity index (χ3n) is 11.6. The first-order valence-corrected chi connectivity index (χ1v) is 17.0. The minimum absolute atomic E-state index is 0.0496. The zero-order chi connectivity index (χ0) is 31.2. The normalized spacial score (nSPS) is 30.4. The lowest BCUT2D eigenvalue weighted by Gasteiger charge is -2.35. The molecule has 5 fully saturated rings. The summed E-state index contributed by atoms with van der Waals surface area (Å²) in [6.45, 7) is 4.32. The van der Waals surface area contributed by atoms with Crippen LogP contribution in [0.1, 0.15) is 57.4 Å². The van der Waals surface area contributed by atoms with Crippen LogP contribution >= 0.6 is 0 Å². The van der Waals surface area contributed by atoms with Crippen molar-refractivity contribution in [1.29, 1.82) is 0 Å². The number of alkyl halides is 1. The summed E-state index contributed by atoms with van der Waals surface area (Å²) in [5.41, 5.74) is 1.48. The number of ether oxygens (including phenoxy) is 1. The number of phenols is 1. The van der Waals surface area contributed by atoms with E-state index in [1.165, 1.54) is 12.8 Å². The monoisotopic (exact) mass is 626 g/mol. The van der Waals surface area contributed by atoms with Crippen molar-refractivity contribution in [2.75, 3.05) is 31.1 Å². The Balaban J connectivity index is 1.16. The molecule has 2 bridgehead atoms. The van der Waals surface area contributed by atoms with E-state index in [-0.39, 0.29) is 35.1 Å². The van der Waals surface area contributed by atoms with E-state index in [0.717, 1.165) is 61.5 Å². The maximum atomic E-state index is 16.9. The van der Waals surface area contributed by atoms with Gasteiger partial charge in [-0.05, 0) is 72.9 Å². The highest BCUT2D eigenvalue weighted by Gasteiger charge is 2.58. The molecular formula is C36H40F2N6O2. The van der Waals surface area contributed by atoms with Gasteiger partial charge in [-0.25, -0.2) is 8.78 Å². The second-order valence-electron chi connectivity index (χ2n) is 14.3. The number of benzene rings is 2. The van der Waals surface area contributed by atoms with Gasteiger partial charge in [0.25, 0.3) is 0 Å². The fourth-order valence-corrected chi connectivity index (χ4v) is 9.70. The number of nitrogens with one attached hydrogen (secondary N) is 1. The van der Waals surface area contributed by atoms with Gasteiger partial charge in [0.2, 0.25) is 0 Å². The van der Waals surface area contributed by atoms with Crippen LogP contribution in [0.5, 0.6) is 11.8 Å². The summed E-state index contributed by atoms with van der Waals surface area (Å²) in [6.07, 6.45) is 8.63. The molecule has 6 unspecified atom stereocenters. The van der Waals surface area contributed by atoms with Crippen LogP contribution in [0.4, 0.5) is 14.6 Å². The molecule has 10 heteroatoms. The maximum absolute atomic E-state index is 16.9. The zero-order valence-corrected chi connectivity index (χ0v) is 26.2. The number of nitrogens with zero attached hydrogens (tertiary/aromatic N) is 5. The minimum atomic E-state index is -0.870. The SMILES string of the molecule is CCc1cccc2cc(O)cc(-c3ncc4c(N5CC6CCC(C5)N6)nc(OCC56CC(F)CN5C5CCCC5C6)nc4c3F)c12. The number of phenolic OH excluding ortho intramolecular Hbond substituents is 1. The number of anilines is 1. The Morgan fingerprint density at radius 1 is 1.07 bits per heavy atom. The van der Waals surface area contributed by atoms with Crippen molar-refractivity contribution in [2.24, 2.45) is 5.92 Å². The van der Waals surface area contributed by atoms with Crippen LogP contribution < -0.4 is 15.0 Å². The predicted molar refractivity (Wildman–Crippen MR) is 174 cm³/mol. The number of aromatic nitrogens is 3. The van der Waals surface area contributed by atoms with Gasteiger partial charge in [-0.2, -0.15) is 9.97 Å². The molecule has 4 aliphatic heterocycles. The molecule has 2 N–H and O–H groups in total. The molecule has 2 aromatic heterocycles. The number of fused-ring (bicyclic) bond motifs is 7. The average molecular weight is 627 g/mol. The first kappa shape index (κ1) is 28.6. The molecule has 240 valence electrons. The lowest BCUT2D eigenvalue weighted by molar-refractivity contribution is 0.0832. The maximum Gasteiger partial charge on any atom is 0.319 e. The number of aromatic hydroxyl groups is 1. The van der Waals surface area contributed by atoms with Crippen molar-refractivity contribution in [3.63, 3.8) is 0 Å². The van der Waals surface area contributed by atoms with E-state index in [1.807, 2.05) is 18.2 Å². The van der Waals surface area contributed by atoms with E-state index in [9.17, 15) is 9.50 Å². The average Bonchev–Trinajstić information content (AvgIpc) is 3.79. The van der Waals surface area contributed by atoms with Gasteiger partial charge in [0.15, 0.2) is 5.82 Å². The highest BCUT2D eigenvalue weighted by molar-refractivity contribution is 6.01. The molecule has 0 amide bonds. The Bertz CT molecular complexity index is 1840. The van der Waals surface area contributed by atoms with Gasteiger partial charge < -0.3 is 20.1 Å². The van der Waals surface area contributed by atoms with E-state index in [4.69, 9.17) is 14.7 Å². The van der Waals surface area contributed by atoms with Gasteiger partial charge in [-0.15, -0.1) is 0 Å². The van der Waals surface area contributed by atoms with Crippen molar-refractivity contribution in [2.45, 2.75) is 88.1 Å². The van der Waals surface area contributed by atoms with Gasteiger partial charge in [0, 0.05) is 55.9 Å². The molecule has 9 rings (SSSR count). The summed E-state index contributed by atoms with van der Waals surface area (Å²) in [7, 11) is 0. The number of pyridine rings is 1. The Morgan fingerprint density at radius 3 is 2.74 bits per heavy atom. The second kappa shape index (κ2) is 10.7. The largest absolute Gasteiger partial charge is 0.508 e. The third kappa shape index (κ3) is 4.47. The van der Waals surface area contributed by atoms with E-state index >= 15 is 4.39 Å². The van der Waals surface area contributed by atoms with Crippen LogP contribution in [-0.2, 0) is 6.42 Å². The number of hydrogen-bond acceptors (Lipinski definition) is 8. The Kier molecular flexibility index (Phi) is 6.65. The quantitative estimate of drug-likeness (QED) is 0.273. The summed E-state index contributed by atoms with van der Waals surface area (Å²) in [5, 5.41) is 16.5. The van der Waals surface area contributed by atoms with Crippen LogP contribution in [0.15, 0.2) is 36.5 Å². The highest BCUT2D eigenvalue weighted by Crippen LogP contribution is 2.52. The number of hydrogen-bond donors (Lipinski definition) is 2. The standard InChI is InChI=1S/C36H40F2N6O2/c1-2-20-5-3-6-21-11-26(45)12-27(30(20)21)32-31(38)33-28(15-39-32)34(43-17-24-9-10-25(18-43)40-24)42-35(41-33)46-19-36-13-22-7-4-8-29(22)44(36)16-23(37)14-36/h3,5-6,11-12,15,22-25,29,40,45H,2,4,7-10,13-14,16-19H2,1H3. The molecule has 0 spiro atoms. The van der Waals surface area contributed by atoms with Gasteiger partial charge in [0.05, 0.1) is 10.9 Å². The molecule has 2 aromatic carbocycles. The molecule has 8 nitrogen and oxygen atoms in total. The fourth-order valence-electron chi connectivity index (χ4n) is 9.70. The van der Waals surface area contributed by atoms with Crippen LogP contribution in [0.2, 0.25) is 0 Å².